The molecule has 4 heteroatoms. The Balaban J connectivity index is 2.19. The van der Waals surface area contributed by atoms with Gasteiger partial charge in [-0.15, -0.1) is 12.6 Å². The third kappa shape index (κ3) is 5.33. The predicted octanol–water partition coefficient (Wildman–Crippen LogP) is 5.82. The van der Waals surface area contributed by atoms with Crippen molar-refractivity contribution in [2.24, 2.45) is 0 Å². The molecule has 0 aromatic heterocycles. The summed E-state index contributed by atoms with van der Waals surface area (Å²) < 4.78 is 5.75. The van der Waals surface area contributed by atoms with Gasteiger partial charge in [-0.1, -0.05) is 46.1 Å². The molecule has 0 atom stereocenters. The van der Waals surface area contributed by atoms with Crippen LogP contribution in [0.3, 0.4) is 0 Å². The fourth-order valence-corrected chi connectivity index (χ4v) is 3.09. The van der Waals surface area contributed by atoms with E-state index in [-0.39, 0.29) is 23.5 Å². The van der Waals surface area contributed by atoms with E-state index in [0.717, 1.165) is 23.3 Å². The summed E-state index contributed by atoms with van der Waals surface area (Å²) in [6, 6.07) is 11.0. The van der Waals surface area contributed by atoms with Crippen LogP contribution in [0, 0.1) is 0 Å². The van der Waals surface area contributed by atoms with Gasteiger partial charge in [0.25, 0.3) is 0 Å². The maximum Gasteiger partial charge on any atom is 0.164 e. The molecule has 2 aromatic carbocycles. The Labute approximate surface area is 156 Å². The maximum absolute atomic E-state index is 10.2. The van der Waals surface area contributed by atoms with E-state index in [0.29, 0.717) is 11.3 Å². The average molecular weight is 361 g/mol. The maximum atomic E-state index is 10.2. The number of hydrogen-bond donors (Lipinski definition) is 3. The minimum absolute atomic E-state index is 0.0693. The van der Waals surface area contributed by atoms with Gasteiger partial charge >= 0.3 is 0 Å². The predicted molar refractivity (Wildman–Crippen MR) is 105 cm³/mol. The van der Waals surface area contributed by atoms with Crippen LogP contribution >= 0.6 is 12.6 Å². The SMILES string of the molecule is CCCCCC(C)(C)c1cc(O)c(O)c(COc2cccc(S)c2)c1. The van der Waals surface area contributed by atoms with Crippen LogP contribution in [0.1, 0.15) is 57.6 Å². The van der Waals surface area contributed by atoms with E-state index in [1.807, 2.05) is 30.3 Å². The Kier molecular flexibility index (Phi) is 6.65. The monoisotopic (exact) mass is 360 g/mol. The second-order valence-electron chi connectivity index (χ2n) is 7.13. The standard InChI is InChI=1S/C21H28O3S/c1-4-5-6-10-21(2,3)16-11-15(20(23)19(22)12-16)14-24-17-8-7-9-18(25)13-17/h7-9,11-13,22-23,25H,4-6,10,14H2,1-3H3. The van der Waals surface area contributed by atoms with Crippen LogP contribution < -0.4 is 4.74 Å². The van der Waals surface area contributed by atoms with Gasteiger partial charge in [0.15, 0.2) is 11.5 Å². The summed E-state index contributed by atoms with van der Waals surface area (Å²) >= 11 is 4.30. The first kappa shape index (κ1) is 19.5. The average Bonchev–Trinajstić information content (AvgIpc) is 2.56. The summed E-state index contributed by atoms with van der Waals surface area (Å²) in [5, 5.41) is 20.3. The van der Waals surface area contributed by atoms with E-state index in [2.05, 4.69) is 33.4 Å². The zero-order valence-corrected chi connectivity index (χ0v) is 16.1. The second kappa shape index (κ2) is 8.52. The summed E-state index contributed by atoms with van der Waals surface area (Å²) in [7, 11) is 0. The van der Waals surface area contributed by atoms with Crippen molar-refractivity contribution in [3.63, 3.8) is 0 Å². The van der Waals surface area contributed by atoms with Crippen LogP contribution in [-0.4, -0.2) is 10.2 Å². The van der Waals surface area contributed by atoms with Gasteiger partial charge in [0.05, 0.1) is 0 Å². The number of hydrogen-bond acceptors (Lipinski definition) is 4. The molecule has 25 heavy (non-hydrogen) atoms. The highest BCUT2D eigenvalue weighted by molar-refractivity contribution is 7.80. The molecule has 0 bridgehead atoms. The molecular formula is C21H28O3S. The number of unbranched alkanes of at least 4 members (excludes halogenated alkanes) is 2. The number of benzene rings is 2. The lowest BCUT2D eigenvalue weighted by atomic mass is 9.79. The van der Waals surface area contributed by atoms with E-state index in [1.54, 1.807) is 6.07 Å². The highest BCUT2D eigenvalue weighted by Gasteiger charge is 2.23. The largest absolute Gasteiger partial charge is 0.504 e. The van der Waals surface area contributed by atoms with Crippen LogP contribution in [0.5, 0.6) is 17.2 Å². The van der Waals surface area contributed by atoms with E-state index >= 15 is 0 Å². The first-order chi connectivity index (χ1) is 11.8. The Morgan fingerprint density at radius 2 is 1.84 bits per heavy atom. The lowest BCUT2D eigenvalue weighted by molar-refractivity contribution is 0.294. The van der Waals surface area contributed by atoms with Crippen LogP contribution in [0.15, 0.2) is 41.3 Å². The Hall–Kier alpha value is -1.81. The summed E-state index contributed by atoms with van der Waals surface area (Å²) in [5.41, 5.74) is 1.53. The summed E-state index contributed by atoms with van der Waals surface area (Å²) in [5.74, 6) is 0.469. The second-order valence-corrected chi connectivity index (χ2v) is 7.65. The molecule has 2 N–H and O–H groups in total. The lowest BCUT2D eigenvalue weighted by Gasteiger charge is -2.26. The van der Waals surface area contributed by atoms with Gasteiger partial charge in [-0.25, -0.2) is 0 Å². The topological polar surface area (TPSA) is 49.7 Å². The molecule has 0 heterocycles. The Morgan fingerprint density at radius 3 is 2.52 bits per heavy atom. The van der Waals surface area contributed by atoms with Gasteiger partial charge in [0.1, 0.15) is 12.4 Å². The molecule has 2 rings (SSSR count). The summed E-state index contributed by atoms with van der Waals surface area (Å²) in [6.45, 7) is 6.72. The quantitative estimate of drug-likeness (QED) is 0.316. The summed E-state index contributed by atoms with van der Waals surface area (Å²) in [6.07, 6.45) is 4.56. The molecule has 0 unspecified atom stereocenters. The number of phenols is 2. The van der Waals surface area contributed by atoms with Crippen molar-refractivity contribution < 1.29 is 14.9 Å². The molecule has 0 aliphatic heterocycles. The molecule has 0 aliphatic rings. The molecule has 2 aromatic rings. The van der Waals surface area contributed by atoms with Crippen molar-refractivity contribution in [2.45, 2.75) is 63.4 Å². The van der Waals surface area contributed by atoms with Crippen LogP contribution in [0.2, 0.25) is 0 Å². The molecule has 0 saturated carbocycles. The fourth-order valence-electron chi connectivity index (χ4n) is 2.87. The van der Waals surface area contributed by atoms with E-state index in [1.165, 1.54) is 12.8 Å². The third-order valence-electron chi connectivity index (χ3n) is 4.57. The van der Waals surface area contributed by atoms with Crippen molar-refractivity contribution >= 4 is 12.6 Å². The number of ether oxygens (including phenoxy) is 1. The number of thiol groups is 1. The van der Waals surface area contributed by atoms with Gasteiger partial charge in [0.2, 0.25) is 0 Å². The normalized spacial score (nSPS) is 11.5. The molecule has 0 amide bonds. The molecule has 0 spiro atoms. The van der Waals surface area contributed by atoms with Crippen LogP contribution in [0.4, 0.5) is 0 Å². The molecule has 0 saturated heterocycles. The van der Waals surface area contributed by atoms with Crippen molar-refractivity contribution in [3.05, 3.63) is 47.5 Å². The molecule has 0 aliphatic carbocycles. The van der Waals surface area contributed by atoms with Gasteiger partial charge in [-0.3, -0.25) is 0 Å². The van der Waals surface area contributed by atoms with E-state index in [9.17, 15) is 10.2 Å². The highest BCUT2D eigenvalue weighted by atomic mass is 32.1. The van der Waals surface area contributed by atoms with Gasteiger partial charge < -0.3 is 14.9 Å². The molecule has 0 fully saturated rings. The summed E-state index contributed by atoms with van der Waals surface area (Å²) in [4.78, 5) is 0.815. The minimum Gasteiger partial charge on any atom is -0.504 e. The van der Waals surface area contributed by atoms with Crippen LogP contribution in [-0.2, 0) is 12.0 Å². The highest BCUT2D eigenvalue weighted by Crippen LogP contribution is 2.38. The number of phenolic OH excluding ortho intramolecular Hbond substituents is 2. The zero-order valence-electron chi connectivity index (χ0n) is 15.2. The third-order valence-corrected chi connectivity index (χ3v) is 4.85. The van der Waals surface area contributed by atoms with Gasteiger partial charge in [0, 0.05) is 10.5 Å². The molecule has 3 nitrogen and oxygen atoms in total. The van der Waals surface area contributed by atoms with Crippen molar-refractivity contribution in [2.75, 3.05) is 0 Å². The zero-order chi connectivity index (χ0) is 18.4. The molecule has 136 valence electrons. The van der Waals surface area contributed by atoms with Crippen molar-refractivity contribution in [1.82, 2.24) is 0 Å². The van der Waals surface area contributed by atoms with E-state index < -0.39 is 0 Å². The lowest BCUT2D eigenvalue weighted by Crippen LogP contribution is -2.17. The van der Waals surface area contributed by atoms with E-state index in [4.69, 9.17) is 4.74 Å². The Bertz CT molecular complexity index is 710. The number of aromatic hydroxyl groups is 2. The minimum atomic E-state index is -0.116. The molecule has 0 radical (unpaired) electrons. The van der Waals surface area contributed by atoms with Gasteiger partial charge in [-0.2, -0.15) is 0 Å². The Morgan fingerprint density at radius 1 is 1.08 bits per heavy atom. The van der Waals surface area contributed by atoms with Crippen molar-refractivity contribution in [1.29, 1.82) is 0 Å². The van der Waals surface area contributed by atoms with Gasteiger partial charge in [-0.05, 0) is 47.7 Å². The first-order valence-corrected chi connectivity index (χ1v) is 9.25. The number of rotatable bonds is 8. The van der Waals surface area contributed by atoms with Crippen molar-refractivity contribution in [3.8, 4) is 17.2 Å². The van der Waals surface area contributed by atoms with Crippen LogP contribution in [0.25, 0.3) is 0 Å². The smallest absolute Gasteiger partial charge is 0.164 e. The fraction of sp³-hybridized carbons (Fsp3) is 0.429. The molecular weight excluding hydrogens is 332 g/mol. The first-order valence-electron chi connectivity index (χ1n) is 8.80.